The van der Waals surface area contributed by atoms with Crippen LogP contribution in [-0.2, 0) is 21.1 Å². The Morgan fingerprint density at radius 2 is 1.26 bits per heavy atom. The zero-order chi connectivity index (χ0) is 30.2. The first kappa shape index (κ1) is 33.3. The van der Waals surface area contributed by atoms with Gasteiger partial charge in [0, 0.05) is 11.4 Å². The molecule has 0 radical (unpaired) electrons. The van der Waals surface area contributed by atoms with Crippen LogP contribution >= 0.6 is 0 Å². The molecule has 0 saturated heterocycles. The van der Waals surface area contributed by atoms with Gasteiger partial charge in [-0.1, -0.05) is 53.7 Å². The Morgan fingerprint density at radius 1 is 0.714 bits per heavy atom. The normalized spacial score (nSPS) is 14.1. The zero-order valence-electron chi connectivity index (χ0n) is 26.6. The fourth-order valence-electron chi connectivity index (χ4n) is 5.59. The van der Waals surface area contributed by atoms with Crippen LogP contribution in [0.4, 0.5) is 22.7 Å². The molecule has 0 bridgehead atoms. The molecule has 0 atom stereocenters. The number of rotatable bonds is 6. The Bertz CT molecular complexity index is 1440. The van der Waals surface area contributed by atoms with Crippen molar-refractivity contribution in [3.8, 4) is 11.1 Å². The summed E-state index contributed by atoms with van der Waals surface area (Å²) < 4.78 is 0. The van der Waals surface area contributed by atoms with Gasteiger partial charge in [-0.25, -0.2) is 0 Å². The van der Waals surface area contributed by atoms with Gasteiger partial charge in [-0.15, -0.1) is 35.1 Å². The number of nitrogens with zero attached hydrogens (tertiary/aromatic N) is 5. The van der Waals surface area contributed by atoms with Gasteiger partial charge in [-0.2, -0.15) is 13.3 Å². The molecular formula is C36H43N5Pt. The van der Waals surface area contributed by atoms with Crippen LogP contribution in [0, 0.1) is 45.1 Å². The topological polar surface area (TPSA) is 36.8 Å². The minimum absolute atomic E-state index is 0. The molecule has 0 saturated carbocycles. The van der Waals surface area contributed by atoms with E-state index >= 15 is 0 Å². The van der Waals surface area contributed by atoms with Crippen LogP contribution < -0.4 is 14.7 Å². The van der Waals surface area contributed by atoms with Gasteiger partial charge in [-0.3, -0.25) is 0 Å². The molecule has 0 unspecified atom stereocenters. The Kier molecular flexibility index (Phi) is 10.6. The van der Waals surface area contributed by atoms with Gasteiger partial charge >= 0.3 is 21.1 Å². The second kappa shape index (κ2) is 13.4. The minimum atomic E-state index is 0. The van der Waals surface area contributed by atoms with Crippen molar-refractivity contribution in [3.63, 3.8) is 0 Å². The first-order chi connectivity index (χ1) is 19.4. The standard InChI is InChI=1S/C35H43N4.CN.Pt/c1-22(2)27-17-31(23(3)4)35(32(18-27)24(5)6)28-15-29(38-12-11-36(9)20-38)19-30(16-28)39-21-37(10)33-13-25(7)26(8)14-34(33)39;1-2;/h11-18,20-24H,1-10H3;;/q-3;-1;+4. The van der Waals surface area contributed by atoms with E-state index in [-0.39, 0.29) is 21.1 Å². The molecule has 3 aromatic rings. The summed E-state index contributed by atoms with van der Waals surface area (Å²) in [5.74, 6) is 1.31. The number of aryl methyl sites for hydroxylation is 2. The summed E-state index contributed by atoms with van der Waals surface area (Å²) in [5.41, 5.74) is 14.0. The third-order valence-corrected chi connectivity index (χ3v) is 8.09. The smallest absolute Gasteiger partial charge is 0.512 e. The van der Waals surface area contributed by atoms with E-state index in [0.717, 1.165) is 11.4 Å². The summed E-state index contributed by atoms with van der Waals surface area (Å²) in [6.45, 7) is 27.3. The molecule has 0 N–H and O–H groups in total. The first-order valence-electron chi connectivity index (χ1n) is 14.4. The van der Waals surface area contributed by atoms with Gasteiger partial charge in [0.2, 0.25) is 0 Å². The summed E-state index contributed by atoms with van der Waals surface area (Å²) >= 11 is 0. The minimum Gasteiger partial charge on any atom is -0.512 e. The van der Waals surface area contributed by atoms with Gasteiger partial charge in [0.15, 0.2) is 0 Å². The summed E-state index contributed by atoms with van der Waals surface area (Å²) in [5, 5.41) is 6.25. The Balaban J connectivity index is 0.00000158. The Labute approximate surface area is 268 Å². The van der Waals surface area contributed by atoms with E-state index in [9.17, 15) is 0 Å². The van der Waals surface area contributed by atoms with Crippen LogP contribution in [0.25, 0.3) is 11.1 Å². The van der Waals surface area contributed by atoms with Crippen molar-refractivity contribution < 1.29 is 21.1 Å². The predicted octanol–water partition coefficient (Wildman–Crippen LogP) is 9.28. The van der Waals surface area contributed by atoms with Crippen molar-refractivity contribution in [2.75, 3.05) is 28.8 Å². The summed E-state index contributed by atoms with van der Waals surface area (Å²) in [4.78, 5) is 8.76. The molecular weight excluding hydrogens is 698 g/mol. The van der Waals surface area contributed by atoms with E-state index in [1.54, 1.807) is 0 Å². The fourth-order valence-corrected chi connectivity index (χ4v) is 5.59. The molecule has 5 rings (SSSR count). The molecule has 2 aliphatic rings. The van der Waals surface area contributed by atoms with Crippen molar-refractivity contribution in [3.05, 3.63) is 103 Å². The van der Waals surface area contributed by atoms with E-state index in [2.05, 4.69) is 157 Å². The van der Waals surface area contributed by atoms with E-state index in [4.69, 9.17) is 11.8 Å². The maximum atomic E-state index is 6.25. The summed E-state index contributed by atoms with van der Waals surface area (Å²) in [6.07, 6.45) is 4.18. The number of anilines is 4. The van der Waals surface area contributed by atoms with Gasteiger partial charge in [0.05, 0.1) is 0 Å². The van der Waals surface area contributed by atoms with Crippen LogP contribution in [0.1, 0.15) is 87.1 Å². The van der Waals surface area contributed by atoms with Crippen molar-refractivity contribution in [1.82, 2.24) is 4.90 Å². The van der Waals surface area contributed by atoms with Gasteiger partial charge in [-0.05, 0) is 104 Å². The van der Waals surface area contributed by atoms with Crippen LogP contribution in [0.2, 0.25) is 0 Å². The third-order valence-electron chi connectivity index (χ3n) is 8.09. The molecule has 2 heterocycles. The summed E-state index contributed by atoms with van der Waals surface area (Å²) in [7, 11) is 4.19. The second-order valence-corrected chi connectivity index (χ2v) is 12.2. The number of fused-ring (bicyclic) bond motifs is 1. The zero-order valence-corrected chi connectivity index (χ0v) is 28.8. The fraction of sp³-hybridized carbons (Fsp3) is 0.361. The Morgan fingerprint density at radius 3 is 1.76 bits per heavy atom. The molecule has 0 spiro atoms. The van der Waals surface area contributed by atoms with Crippen LogP contribution in [-0.4, -0.2) is 19.0 Å². The van der Waals surface area contributed by atoms with Crippen molar-refractivity contribution in [2.24, 2.45) is 0 Å². The monoisotopic (exact) mass is 740 g/mol. The molecule has 222 valence electrons. The SMILES string of the molecule is Cc1cc2c(cc1C)N(c1[c-]c(N3C=CN(C)[CH-]3)cc(-c3c(C(C)C)cc(C(C)C)cc3C(C)C)c1)[CH-]N2C.[C-]#N.[Pt+4]. The van der Waals surface area contributed by atoms with E-state index in [1.807, 2.05) is 0 Å². The number of hydrogen-bond donors (Lipinski definition) is 0. The average molecular weight is 741 g/mol. The van der Waals surface area contributed by atoms with E-state index < -0.39 is 0 Å². The quantitative estimate of drug-likeness (QED) is 0.236. The maximum absolute atomic E-state index is 6.25. The maximum Gasteiger partial charge on any atom is 4.00 e. The largest absolute Gasteiger partial charge is 4.00 e. The van der Waals surface area contributed by atoms with Crippen LogP contribution in [0.15, 0.2) is 48.8 Å². The molecule has 0 aliphatic carbocycles. The molecule has 6 heteroatoms. The molecule has 42 heavy (non-hydrogen) atoms. The van der Waals surface area contributed by atoms with E-state index in [0.29, 0.717) is 17.8 Å². The number of benzene rings is 3. The van der Waals surface area contributed by atoms with Gasteiger partial charge in [0.25, 0.3) is 0 Å². The predicted molar refractivity (Wildman–Crippen MR) is 172 cm³/mol. The average Bonchev–Trinajstić information content (AvgIpc) is 3.51. The van der Waals surface area contributed by atoms with Crippen molar-refractivity contribution in [1.29, 1.82) is 5.26 Å². The van der Waals surface area contributed by atoms with Gasteiger partial charge < -0.3 is 31.4 Å². The third kappa shape index (κ3) is 6.40. The molecule has 0 aromatic heterocycles. The molecule has 5 nitrogen and oxygen atoms in total. The first-order valence-corrected chi connectivity index (χ1v) is 14.4. The Hall–Kier alpha value is -3.22. The number of hydrogen-bond acceptors (Lipinski definition) is 5. The van der Waals surface area contributed by atoms with Crippen molar-refractivity contribution >= 4 is 22.7 Å². The summed E-state index contributed by atoms with van der Waals surface area (Å²) in [6, 6.07) is 17.9. The van der Waals surface area contributed by atoms with Crippen LogP contribution in [0.5, 0.6) is 0 Å². The molecule has 3 aromatic carbocycles. The molecule has 0 amide bonds. The van der Waals surface area contributed by atoms with Crippen LogP contribution in [0.3, 0.4) is 0 Å². The van der Waals surface area contributed by atoms with Crippen molar-refractivity contribution in [2.45, 2.75) is 73.1 Å². The second-order valence-electron chi connectivity index (χ2n) is 12.2. The molecule has 2 aliphatic heterocycles. The van der Waals surface area contributed by atoms with E-state index in [1.165, 1.54) is 50.3 Å². The van der Waals surface area contributed by atoms with Gasteiger partial charge in [0.1, 0.15) is 0 Å². The molecule has 0 fully saturated rings.